The molecule has 0 saturated carbocycles. The Morgan fingerprint density at radius 3 is 2.69 bits per heavy atom. The van der Waals surface area contributed by atoms with Gasteiger partial charge in [-0.3, -0.25) is 10.1 Å². The van der Waals surface area contributed by atoms with Crippen LogP contribution in [0.15, 0.2) is 12.1 Å². The van der Waals surface area contributed by atoms with Crippen LogP contribution in [0.4, 0.5) is 5.69 Å². The van der Waals surface area contributed by atoms with E-state index >= 15 is 0 Å². The van der Waals surface area contributed by atoms with Crippen LogP contribution in [-0.2, 0) is 0 Å². The molecule has 1 rings (SSSR count). The van der Waals surface area contributed by atoms with Gasteiger partial charge in [-0.05, 0) is 12.5 Å². The number of aromatic hydroxyl groups is 1. The molecule has 1 aromatic rings. The molecule has 0 spiro atoms. The van der Waals surface area contributed by atoms with Crippen LogP contribution in [0.1, 0.15) is 11.1 Å². The Balaban J connectivity index is 3.47. The van der Waals surface area contributed by atoms with E-state index in [9.17, 15) is 15.2 Å². The molecule has 0 fully saturated rings. The van der Waals surface area contributed by atoms with Crippen molar-refractivity contribution < 1.29 is 10.0 Å². The highest BCUT2D eigenvalue weighted by Crippen LogP contribution is 2.30. The molecule has 0 atom stereocenters. The highest BCUT2D eigenvalue weighted by Gasteiger charge is 2.17. The normalized spacial score (nSPS) is 9.23. The van der Waals surface area contributed by atoms with Crippen molar-refractivity contribution >= 4 is 5.69 Å². The highest BCUT2D eigenvalue weighted by atomic mass is 16.6. The molecule has 0 aromatic heterocycles. The second kappa shape index (κ2) is 3.11. The third kappa shape index (κ3) is 1.42. The summed E-state index contributed by atoms with van der Waals surface area (Å²) in [5.41, 5.74) is 0.0296. The van der Waals surface area contributed by atoms with Crippen LogP contribution in [0.3, 0.4) is 0 Å². The first kappa shape index (κ1) is 9.00. The van der Waals surface area contributed by atoms with Crippen LogP contribution in [0.5, 0.6) is 5.75 Å². The Morgan fingerprint density at radius 2 is 2.23 bits per heavy atom. The number of benzene rings is 1. The first-order chi connectivity index (χ1) is 6.07. The Hall–Kier alpha value is -2.09. The van der Waals surface area contributed by atoms with Gasteiger partial charge >= 0.3 is 5.69 Å². The van der Waals surface area contributed by atoms with E-state index in [-0.39, 0.29) is 5.56 Å². The topological polar surface area (TPSA) is 87.2 Å². The van der Waals surface area contributed by atoms with Gasteiger partial charge in [0.25, 0.3) is 0 Å². The molecular formula is C8H6N2O3. The molecule has 0 aliphatic rings. The zero-order chi connectivity index (χ0) is 10.0. The fourth-order valence-corrected chi connectivity index (χ4v) is 0.969. The molecule has 0 radical (unpaired) electrons. The van der Waals surface area contributed by atoms with Gasteiger partial charge in [0.05, 0.1) is 4.92 Å². The fraction of sp³-hybridized carbons (Fsp3) is 0.125. The van der Waals surface area contributed by atoms with Gasteiger partial charge < -0.3 is 5.11 Å². The maximum atomic E-state index is 10.3. The van der Waals surface area contributed by atoms with Crippen molar-refractivity contribution in [2.24, 2.45) is 0 Å². The molecule has 0 aliphatic heterocycles. The second-order valence-corrected chi connectivity index (χ2v) is 2.49. The summed E-state index contributed by atoms with van der Waals surface area (Å²) in [4.78, 5) is 9.61. The minimum atomic E-state index is -0.727. The lowest BCUT2D eigenvalue weighted by atomic mass is 10.1. The summed E-state index contributed by atoms with van der Waals surface area (Å²) < 4.78 is 0. The first-order valence-corrected chi connectivity index (χ1v) is 3.45. The Morgan fingerprint density at radius 1 is 1.62 bits per heavy atom. The van der Waals surface area contributed by atoms with Crippen molar-refractivity contribution in [3.05, 3.63) is 33.4 Å². The summed E-state index contributed by atoms with van der Waals surface area (Å²) in [6.07, 6.45) is 0. The van der Waals surface area contributed by atoms with Gasteiger partial charge in [-0.2, -0.15) is 5.26 Å². The number of nitriles is 1. The van der Waals surface area contributed by atoms with Gasteiger partial charge in [0, 0.05) is 6.07 Å². The maximum Gasteiger partial charge on any atom is 0.312 e. The first-order valence-electron chi connectivity index (χ1n) is 3.45. The van der Waals surface area contributed by atoms with E-state index in [2.05, 4.69) is 0 Å². The predicted octanol–water partition coefficient (Wildman–Crippen LogP) is 1.48. The van der Waals surface area contributed by atoms with Crippen LogP contribution in [0, 0.1) is 28.4 Å². The van der Waals surface area contributed by atoms with Gasteiger partial charge in [0.1, 0.15) is 11.6 Å². The molecule has 5 heteroatoms. The van der Waals surface area contributed by atoms with E-state index in [4.69, 9.17) is 5.26 Å². The molecule has 0 unspecified atom stereocenters. The zero-order valence-electron chi connectivity index (χ0n) is 6.81. The summed E-state index contributed by atoms with van der Waals surface area (Å²) in [6.45, 7) is 1.60. The molecule has 0 aliphatic carbocycles. The van der Waals surface area contributed by atoms with Crippen LogP contribution in [0.25, 0.3) is 0 Å². The summed E-state index contributed by atoms with van der Waals surface area (Å²) >= 11 is 0. The van der Waals surface area contributed by atoms with E-state index in [0.717, 1.165) is 0 Å². The highest BCUT2D eigenvalue weighted by molar-refractivity contribution is 5.58. The Kier molecular flexibility index (Phi) is 2.15. The molecule has 1 N–H and O–H groups in total. The van der Waals surface area contributed by atoms with Gasteiger partial charge in [-0.25, -0.2) is 0 Å². The number of rotatable bonds is 1. The van der Waals surface area contributed by atoms with Crippen molar-refractivity contribution in [2.75, 3.05) is 0 Å². The maximum absolute atomic E-state index is 10.3. The van der Waals surface area contributed by atoms with Gasteiger partial charge in [0.15, 0.2) is 0 Å². The predicted molar refractivity (Wildman–Crippen MR) is 44.2 cm³/mol. The number of nitro groups is 1. The molecular weight excluding hydrogens is 172 g/mol. The molecule has 1 aromatic carbocycles. The number of hydrogen-bond acceptors (Lipinski definition) is 4. The minimum Gasteiger partial charge on any atom is -0.501 e. The number of aryl methyl sites for hydroxylation is 1. The number of hydrogen-bond donors (Lipinski definition) is 1. The average molecular weight is 178 g/mol. The van der Waals surface area contributed by atoms with Gasteiger partial charge in [-0.1, -0.05) is 6.07 Å². The number of phenols is 1. The molecule has 0 saturated heterocycles. The van der Waals surface area contributed by atoms with Crippen molar-refractivity contribution in [3.63, 3.8) is 0 Å². The van der Waals surface area contributed by atoms with Crippen LogP contribution in [0.2, 0.25) is 0 Å². The molecule has 0 amide bonds. The molecule has 0 heterocycles. The molecule has 13 heavy (non-hydrogen) atoms. The number of nitrogens with zero attached hydrogens (tertiary/aromatic N) is 2. The van der Waals surface area contributed by atoms with E-state index in [1.807, 2.05) is 0 Å². The molecule has 0 bridgehead atoms. The SMILES string of the molecule is Cc1ccc([N+](=O)[O-])c(O)c1C#N. The largest absolute Gasteiger partial charge is 0.501 e. The standard InChI is InChI=1S/C8H6N2O3/c1-5-2-3-7(10(12)13)8(11)6(5)4-9/h2-3,11H,1H3. The number of phenolic OH excluding ortho intramolecular Hbond substituents is 1. The van der Waals surface area contributed by atoms with E-state index in [1.54, 1.807) is 13.0 Å². The van der Waals surface area contributed by atoms with Crippen LogP contribution in [-0.4, -0.2) is 10.0 Å². The van der Waals surface area contributed by atoms with Crippen LogP contribution < -0.4 is 0 Å². The van der Waals surface area contributed by atoms with Gasteiger partial charge in [-0.15, -0.1) is 0 Å². The van der Waals surface area contributed by atoms with Crippen molar-refractivity contribution in [1.29, 1.82) is 5.26 Å². The van der Waals surface area contributed by atoms with E-state index < -0.39 is 16.4 Å². The second-order valence-electron chi connectivity index (χ2n) is 2.49. The number of nitro benzene ring substituents is 1. The molecule has 66 valence electrons. The molecule has 5 nitrogen and oxygen atoms in total. The summed E-state index contributed by atoms with van der Waals surface area (Å²) in [5, 5.41) is 28.2. The lowest BCUT2D eigenvalue weighted by molar-refractivity contribution is -0.385. The summed E-state index contributed by atoms with van der Waals surface area (Å²) in [7, 11) is 0. The smallest absolute Gasteiger partial charge is 0.312 e. The Bertz CT molecular complexity index is 407. The quantitative estimate of drug-likeness (QED) is 0.521. The van der Waals surface area contributed by atoms with Crippen LogP contribution >= 0.6 is 0 Å². The van der Waals surface area contributed by atoms with E-state index in [1.165, 1.54) is 12.1 Å². The Labute approximate surface area is 74.0 Å². The monoisotopic (exact) mass is 178 g/mol. The van der Waals surface area contributed by atoms with E-state index in [0.29, 0.717) is 5.56 Å². The lowest BCUT2D eigenvalue weighted by Crippen LogP contribution is -1.92. The third-order valence-electron chi connectivity index (χ3n) is 1.67. The summed E-state index contributed by atoms with van der Waals surface area (Å²) in [5.74, 6) is -0.562. The lowest BCUT2D eigenvalue weighted by Gasteiger charge is -2.00. The summed E-state index contributed by atoms with van der Waals surface area (Å²) in [6, 6.07) is 4.30. The van der Waals surface area contributed by atoms with Gasteiger partial charge in [0.2, 0.25) is 5.75 Å². The minimum absolute atomic E-state index is 0.0470. The zero-order valence-corrected chi connectivity index (χ0v) is 6.81. The van der Waals surface area contributed by atoms with Crippen molar-refractivity contribution in [3.8, 4) is 11.8 Å². The average Bonchev–Trinajstić information content (AvgIpc) is 2.04. The van der Waals surface area contributed by atoms with Crippen molar-refractivity contribution in [1.82, 2.24) is 0 Å². The fourth-order valence-electron chi connectivity index (χ4n) is 0.969. The third-order valence-corrected chi connectivity index (χ3v) is 1.67. The van der Waals surface area contributed by atoms with Crippen molar-refractivity contribution in [2.45, 2.75) is 6.92 Å².